The van der Waals surface area contributed by atoms with Gasteiger partial charge in [-0.2, -0.15) is 9.78 Å². The Morgan fingerprint density at radius 1 is 1.16 bits per heavy atom. The molecule has 2 aromatic carbocycles. The number of nitrogen functional groups attached to an aromatic ring is 1. The van der Waals surface area contributed by atoms with Gasteiger partial charge in [0.1, 0.15) is 16.9 Å². The van der Waals surface area contributed by atoms with Crippen molar-refractivity contribution in [1.29, 1.82) is 0 Å². The molecule has 2 aromatic heterocycles. The van der Waals surface area contributed by atoms with Crippen LogP contribution in [-0.2, 0) is 0 Å². The lowest BCUT2D eigenvalue weighted by Gasteiger charge is -2.11. The first kappa shape index (κ1) is 20.1. The van der Waals surface area contributed by atoms with Crippen LogP contribution in [0.5, 0.6) is 0 Å². The van der Waals surface area contributed by atoms with Crippen LogP contribution in [0.4, 0.5) is 11.5 Å². The van der Waals surface area contributed by atoms with E-state index in [1.54, 1.807) is 12.3 Å². The van der Waals surface area contributed by atoms with Crippen molar-refractivity contribution in [2.75, 3.05) is 31.3 Å². The van der Waals surface area contributed by atoms with Gasteiger partial charge in [0.25, 0.3) is 5.91 Å². The number of nitrogens with two attached hydrogens (primary N) is 1. The molecule has 4 aromatic rings. The number of amides is 1. The van der Waals surface area contributed by atoms with E-state index in [1.807, 2.05) is 67.5 Å². The molecule has 0 atom stereocenters. The molecule has 0 fully saturated rings. The second-order valence-electron chi connectivity index (χ2n) is 7.19. The van der Waals surface area contributed by atoms with Crippen molar-refractivity contribution < 1.29 is 4.79 Å². The van der Waals surface area contributed by atoms with Gasteiger partial charge in [-0.05, 0) is 29.8 Å². The fourth-order valence-corrected chi connectivity index (χ4v) is 3.22. The number of anilines is 2. The molecule has 0 saturated carbocycles. The quantitative estimate of drug-likeness (QED) is 0.374. The molecule has 0 bridgehead atoms. The standard InChI is InChI=1S/C23H23N7O/c1-4-13-25-23(31)19-20-22(28-18-8-6-5-7-17(18)27-20)30(21(19)24)26-14-15-9-11-16(12-10-15)29(2)3/h4-12,14H,1,13,24H2,2-3H3,(H,25,31)/b26-14-. The highest BCUT2D eigenvalue weighted by Crippen LogP contribution is 2.27. The summed E-state index contributed by atoms with van der Waals surface area (Å²) in [4.78, 5) is 24.1. The fraction of sp³-hybridized carbons (Fsp3) is 0.130. The van der Waals surface area contributed by atoms with Crippen LogP contribution in [0.1, 0.15) is 15.9 Å². The average Bonchev–Trinajstić information content (AvgIpc) is 3.04. The van der Waals surface area contributed by atoms with Gasteiger partial charge in [0.2, 0.25) is 0 Å². The number of carbonyl (C=O) groups is 1. The van der Waals surface area contributed by atoms with Gasteiger partial charge in [-0.15, -0.1) is 6.58 Å². The minimum Gasteiger partial charge on any atom is -0.383 e. The summed E-state index contributed by atoms with van der Waals surface area (Å²) in [5.74, 6) is -0.177. The van der Waals surface area contributed by atoms with Gasteiger partial charge in [0, 0.05) is 26.3 Å². The Balaban J connectivity index is 1.85. The van der Waals surface area contributed by atoms with E-state index in [0.717, 1.165) is 11.3 Å². The molecule has 0 aliphatic rings. The van der Waals surface area contributed by atoms with Crippen LogP contribution < -0.4 is 16.0 Å². The summed E-state index contributed by atoms with van der Waals surface area (Å²) in [5.41, 5.74) is 10.8. The third-order valence-corrected chi connectivity index (χ3v) is 4.84. The molecule has 1 amide bonds. The molecule has 0 aliphatic heterocycles. The summed E-state index contributed by atoms with van der Waals surface area (Å²) >= 11 is 0. The molecule has 3 N–H and O–H groups in total. The Morgan fingerprint density at radius 3 is 2.48 bits per heavy atom. The molecule has 4 rings (SSSR count). The first-order valence-electron chi connectivity index (χ1n) is 9.77. The minimum atomic E-state index is -0.351. The van der Waals surface area contributed by atoms with Crippen LogP contribution >= 0.6 is 0 Å². The predicted molar refractivity (Wildman–Crippen MR) is 126 cm³/mol. The van der Waals surface area contributed by atoms with E-state index >= 15 is 0 Å². The number of nitrogens with zero attached hydrogens (tertiary/aromatic N) is 5. The highest BCUT2D eigenvalue weighted by Gasteiger charge is 2.23. The predicted octanol–water partition coefficient (Wildman–Crippen LogP) is 3.03. The molecule has 31 heavy (non-hydrogen) atoms. The Morgan fingerprint density at radius 2 is 1.84 bits per heavy atom. The molecular weight excluding hydrogens is 390 g/mol. The molecule has 0 aliphatic carbocycles. The van der Waals surface area contributed by atoms with E-state index in [9.17, 15) is 4.79 Å². The third-order valence-electron chi connectivity index (χ3n) is 4.84. The SMILES string of the molecule is C=CCNC(=O)c1c(N)n(/N=C\c2ccc(N(C)C)cc2)c2nc3ccccc3nc12. The normalized spacial score (nSPS) is 11.3. The lowest BCUT2D eigenvalue weighted by Crippen LogP contribution is -2.24. The maximum absolute atomic E-state index is 12.8. The first-order chi connectivity index (χ1) is 15.0. The van der Waals surface area contributed by atoms with Crippen LogP contribution in [0.25, 0.3) is 22.2 Å². The van der Waals surface area contributed by atoms with E-state index in [-0.39, 0.29) is 17.3 Å². The van der Waals surface area contributed by atoms with E-state index in [2.05, 4.69) is 27.0 Å². The van der Waals surface area contributed by atoms with Crippen molar-refractivity contribution in [3.63, 3.8) is 0 Å². The summed E-state index contributed by atoms with van der Waals surface area (Å²) in [6.45, 7) is 3.94. The molecule has 0 spiro atoms. The molecule has 8 heteroatoms. The van der Waals surface area contributed by atoms with E-state index in [1.165, 1.54) is 4.68 Å². The van der Waals surface area contributed by atoms with E-state index in [4.69, 9.17) is 5.73 Å². The first-order valence-corrected chi connectivity index (χ1v) is 9.77. The molecule has 156 valence electrons. The monoisotopic (exact) mass is 413 g/mol. The van der Waals surface area contributed by atoms with Gasteiger partial charge < -0.3 is 16.0 Å². The Labute approximate surface area is 179 Å². The lowest BCUT2D eigenvalue weighted by molar-refractivity contribution is 0.0960. The fourth-order valence-electron chi connectivity index (χ4n) is 3.22. The zero-order valence-electron chi connectivity index (χ0n) is 17.4. The summed E-state index contributed by atoms with van der Waals surface area (Å²) in [6, 6.07) is 15.4. The van der Waals surface area contributed by atoms with E-state index < -0.39 is 0 Å². The molecule has 8 nitrogen and oxygen atoms in total. The second kappa shape index (κ2) is 8.27. The van der Waals surface area contributed by atoms with Crippen molar-refractivity contribution in [1.82, 2.24) is 20.0 Å². The lowest BCUT2D eigenvalue weighted by atomic mass is 10.2. The number of nitrogens with one attached hydrogen (secondary N) is 1. The highest BCUT2D eigenvalue weighted by molar-refractivity contribution is 6.10. The Hall–Kier alpha value is -4.20. The second-order valence-corrected chi connectivity index (χ2v) is 7.19. The third kappa shape index (κ3) is 3.83. The summed E-state index contributed by atoms with van der Waals surface area (Å²) < 4.78 is 1.46. The van der Waals surface area contributed by atoms with Crippen LogP contribution in [0, 0.1) is 0 Å². The molecule has 0 saturated heterocycles. The van der Waals surface area contributed by atoms with Crippen molar-refractivity contribution in [3.8, 4) is 0 Å². The number of benzene rings is 2. The molecule has 2 heterocycles. The van der Waals surface area contributed by atoms with Crippen molar-refractivity contribution in [3.05, 3.63) is 72.3 Å². The van der Waals surface area contributed by atoms with Crippen molar-refractivity contribution in [2.45, 2.75) is 0 Å². The highest BCUT2D eigenvalue weighted by atomic mass is 16.1. The van der Waals surface area contributed by atoms with E-state index in [0.29, 0.717) is 28.7 Å². The average molecular weight is 413 g/mol. The number of fused-ring (bicyclic) bond motifs is 2. The zero-order valence-corrected chi connectivity index (χ0v) is 17.4. The molecule has 0 radical (unpaired) electrons. The van der Waals surface area contributed by atoms with Gasteiger partial charge in [0.05, 0.1) is 17.2 Å². The summed E-state index contributed by atoms with van der Waals surface area (Å²) in [5, 5.41) is 7.28. The maximum Gasteiger partial charge on any atom is 0.257 e. The minimum absolute atomic E-state index is 0.174. The Kier molecular flexibility index (Phi) is 5.36. The molecular formula is C23H23N7O. The van der Waals surface area contributed by atoms with Gasteiger partial charge in [-0.1, -0.05) is 30.3 Å². The number of aromatic nitrogens is 3. The smallest absolute Gasteiger partial charge is 0.257 e. The van der Waals surface area contributed by atoms with Crippen LogP contribution in [-0.4, -0.2) is 47.4 Å². The number of hydrogen-bond donors (Lipinski definition) is 2. The Bertz CT molecular complexity index is 1300. The van der Waals surface area contributed by atoms with Crippen LogP contribution in [0.15, 0.2) is 66.3 Å². The maximum atomic E-state index is 12.8. The molecule has 0 unspecified atom stereocenters. The topological polar surface area (TPSA) is 101 Å². The van der Waals surface area contributed by atoms with Gasteiger partial charge in [0.15, 0.2) is 5.65 Å². The van der Waals surface area contributed by atoms with Gasteiger partial charge in [-0.3, -0.25) is 4.79 Å². The zero-order chi connectivity index (χ0) is 22.0. The summed E-state index contributed by atoms with van der Waals surface area (Å²) in [6.07, 6.45) is 3.28. The number of carbonyl (C=O) groups excluding carboxylic acids is 1. The largest absolute Gasteiger partial charge is 0.383 e. The van der Waals surface area contributed by atoms with Crippen molar-refractivity contribution >= 4 is 45.8 Å². The van der Waals surface area contributed by atoms with Gasteiger partial charge >= 0.3 is 0 Å². The van der Waals surface area contributed by atoms with Crippen molar-refractivity contribution in [2.24, 2.45) is 5.10 Å². The van der Waals surface area contributed by atoms with Crippen LogP contribution in [0.3, 0.4) is 0 Å². The van der Waals surface area contributed by atoms with Crippen LogP contribution in [0.2, 0.25) is 0 Å². The number of rotatable bonds is 6. The van der Waals surface area contributed by atoms with Gasteiger partial charge in [-0.25, -0.2) is 9.97 Å². The number of para-hydroxylation sites is 2. The summed E-state index contributed by atoms with van der Waals surface area (Å²) in [7, 11) is 3.97. The number of hydrogen-bond acceptors (Lipinski definition) is 6.